The molecule has 1 atom stereocenters. The third kappa shape index (κ3) is 2.91. The average molecular weight is 286 g/mol. The van der Waals surface area contributed by atoms with Gasteiger partial charge in [0.15, 0.2) is 6.10 Å². The molecule has 0 saturated carbocycles. The summed E-state index contributed by atoms with van der Waals surface area (Å²) >= 11 is 0. The van der Waals surface area contributed by atoms with Crippen molar-refractivity contribution in [3.63, 3.8) is 0 Å². The predicted molar refractivity (Wildman–Crippen MR) is 74.6 cm³/mol. The summed E-state index contributed by atoms with van der Waals surface area (Å²) in [5, 5.41) is 18.3. The normalized spacial score (nSPS) is 16.1. The highest BCUT2D eigenvalue weighted by Crippen LogP contribution is 2.32. The van der Waals surface area contributed by atoms with Crippen molar-refractivity contribution in [2.45, 2.75) is 19.1 Å². The van der Waals surface area contributed by atoms with Crippen LogP contribution in [0.2, 0.25) is 0 Å². The monoisotopic (exact) mass is 286 g/mol. The number of carbonyl (C=O) groups is 1. The molecule has 5 heteroatoms. The van der Waals surface area contributed by atoms with Crippen molar-refractivity contribution >= 4 is 5.97 Å². The third-order valence-electron chi connectivity index (χ3n) is 3.30. The molecule has 1 heterocycles. The van der Waals surface area contributed by atoms with Crippen LogP contribution in [0, 0.1) is 0 Å². The van der Waals surface area contributed by atoms with Crippen molar-refractivity contribution in [3.8, 4) is 17.2 Å². The number of hydrogen-bond acceptors (Lipinski definition) is 4. The van der Waals surface area contributed by atoms with Gasteiger partial charge in [0.05, 0.1) is 0 Å². The maximum Gasteiger partial charge on any atom is 0.345 e. The van der Waals surface area contributed by atoms with E-state index >= 15 is 0 Å². The van der Waals surface area contributed by atoms with Gasteiger partial charge in [0.1, 0.15) is 23.9 Å². The number of benzene rings is 2. The highest BCUT2D eigenvalue weighted by atomic mass is 16.5. The van der Waals surface area contributed by atoms with Crippen molar-refractivity contribution in [1.29, 1.82) is 0 Å². The van der Waals surface area contributed by atoms with E-state index in [-0.39, 0.29) is 5.75 Å². The van der Waals surface area contributed by atoms with Crippen LogP contribution in [0.1, 0.15) is 11.1 Å². The van der Waals surface area contributed by atoms with Crippen LogP contribution in [-0.4, -0.2) is 22.3 Å². The van der Waals surface area contributed by atoms with E-state index in [9.17, 15) is 9.90 Å². The quantitative estimate of drug-likeness (QED) is 0.902. The second kappa shape index (κ2) is 5.36. The first-order valence-electron chi connectivity index (χ1n) is 6.55. The maximum atomic E-state index is 10.9. The van der Waals surface area contributed by atoms with Crippen LogP contribution in [0.3, 0.4) is 0 Å². The Kier molecular flexibility index (Phi) is 3.39. The number of carboxylic acids is 1. The second-order valence-electron chi connectivity index (χ2n) is 4.88. The van der Waals surface area contributed by atoms with Gasteiger partial charge in [-0.25, -0.2) is 4.79 Å². The SMILES string of the molecule is O=C(O)C1Cc2ccc(OCc3cccc(O)c3)cc2O1. The number of phenols is 1. The summed E-state index contributed by atoms with van der Waals surface area (Å²) < 4.78 is 11.0. The standard InChI is InChI=1S/C16H14O5/c17-12-3-1-2-10(6-12)9-20-13-5-4-11-7-15(16(18)19)21-14(11)8-13/h1-6,8,15,17H,7,9H2,(H,18,19). The van der Waals surface area contributed by atoms with Gasteiger partial charge >= 0.3 is 5.97 Å². The molecule has 1 unspecified atom stereocenters. The summed E-state index contributed by atoms with van der Waals surface area (Å²) in [6, 6.07) is 12.1. The Morgan fingerprint density at radius 2 is 2.14 bits per heavy atom. The van der Waals surface area contributed by atoms with E-state index in [1.165, 1.54) is 0 Å². The molecule has 0 aliphatic carbocycles. The molecular formula is C16H14O5. The van der Waals surface area contributed by atoms with Gasteiger partial charge in [0.25, 0.3) is 0 Å². The summed E-state index contributed by atoms with van der Waals surface area (Å²) in [5.41, 5.74) is 1.71. The first-order valence-corrected chi connectivity index (χ1v) is 6.55. The zero-order valence-corrected chi connectivity index (χ0v) is 11.2. The molecule has 108 valence electrons. The van der Waals surface area contributed by atoms with E-state index in [2.05, 4.69) is 0 Å². The Morgan fingerprint density at radius 3 is 2.90 bits per heavy atom. The highest BCUT2D eigenvalue weighted by molar-refractivity contribution is 5.74. The fourth-order valence-corrected chi connectivity index (χ4v) is 2.25. The molecular weight excluding hydrogens is 272 g/mol. The van der Waals surface area contributed by atoms with Gasteiger partial charge in [-0.05, 0) is 29.3 Å². The van der Waals surface area contributed by atoms with Crippen molar-refractivity contribution in [1.82, 2.24) is 0 Å². The number of rotatable bonds is 4. The Hall–Kier alpha value is -2.69. The smallest absolute Gasteiger partial charge is 0.345 e. The lowest BCUT2D eigenvalue weighted by atomic mass is 10.1. The predicted octanol–water partition coefficient (Wildman–Crippen LogP) is 2.36. The van der Waals surface area contributed by atoms with Gasteiger partial charge in [-0.2, -0.15) is 0 Å². The van der Waals surface area contributed by atoms with Crippen LogP contribution in [0.5, 0.6) is 17.2 Å². The third-order valence-corrected chi connectivity index (χ3v) is 3.30. The summed E-state index contributed by atoms with van der Waals surface area (Å²) in [7, 11) is 0. The van der Waals surface area contributed by atoms with Crippen molar-refractivity contribution in [2.75, 3.05) is 0 Å². The minimum atomic E-state index is -0.964. The van der Waals surface area contributed by atoms with Crippen molar-refractivity contribution < 1.29 is 24.5 Å². The van der Waals surface area contributed by atoms with Gasteiger partial charge in [-0.1, -0.05) is 18.2 Å². The van der Waals surface area contributed by atoms with Crippen LogP contribution < -0.4 is 9.47 Å². The van der Waals surface area contributed by atoms with E-state index in [0.717, 1.165) is 11.1 Å². The Labute approximate surface area is 121 Å². The number of phenolic OH excluding ortho intramolecular Hbond substituents is 1. The molecule has 0 bridgehead atoms. The Morgan fingerprint density at radius 1 is 1.29 bits per heavy atom. The molecule has 0 aromatic heterocycles. The first-order chi connectivity index (χ1) is 10.1. The molecule has 2 N–H and O–H groups in total. The number of ether oxygens (including phenoxy) is 2. The van der Waals surface area contributed by atoms with E-state index in [4.69, 9.17) is 14.6 Å². The molecule has 5 nitrogen and oxygen atoms in total. The van der Waals surface area contributed by atoms with Gasteiger partial charge in [0, 0.05) is 12.5 Å². The van der Waals surface area contributed by atoms with Gasteiger partial charge < -0.3 is 19.7 Å². The largest absolute Gasteiger partial charge is 0.508 e. The zero-order chi connectivity index (χ0) is 14.8. The average Bonchev–Trinajstić information content (AvgIpc) is 2.88. The van der Waals surface area contributed by atoms with Gasteiger partial charge in [0.2, 0.25) is 0 Å². The molecule has 1 aliphatic rings. The minimum absolute atomic E-state index is 0.192. The molecule has 3 rings (SSSR count). The molecule has 0 spiro atoms. The lowest BCUT2D eigenvalue weighted by Crippen LogP contribution is -2.24. The molecule has 0 saturated heterocycles. The lowest BCUT2D eigenvalue weighted by molar-refractivity contribution is -0.144. The fraction of sp³-hybridized carbons (Fsp3) is 0.188. The molecule has 0 fully saturated rings. The topological polar surface area (TPSA) is 76.0 Å². The van der Waals surface area contributed by atoms with E-state index in [1.807, 2.05) is 12.1 Å². The van der Waals surface area contributed by atoms with E-state index in [0.29, 0.717) is 24.5 Å². The second-order valence-corrected chi connectivity index (χ2v) is 4.88. The summed E-state index contributed by atoms with van der Waals surface area (Å²) in [4.78, 5) is 10.9. The van der Waals surface area contributed by atoms with Gasteiger partial charge in [-0.3, -0.25) is 0 Å². The number of hydrogen-bond donors (Lipinski definition) is 2. The fourth-order valence-electron chi connectivity index (χ4n) is 2.25. The number of aromatic hydroxyl groups is 1. The lowest BCUT2D eigenvalue weighted by Gasteiger charge is -2.08. The Bertz CT molecular complexity index is 680. The van der Waals surface area contributed by atoms with Crippen LogP contribution in [0.4, 0.5) is 0 Å². The first kappa shape index (κ1) is 13.3. The number of aliphatic carboxylic acids is 1. The van der Waals surface area contributed by atoms with Crippen LogP contribution in [0.25, 0.3) is 0 Å². The summed E-state index contributed by atoms with van der Waals surface area (Å²) in [6.07, 6.45) is -0.446. The zero-order valence-electron chi connectivity index (χ0n) is 11.2. The molecule has 0 radical (unpaired) electrons. The molecule has 21 heavy (non-hydrogen) atoms. The van der Waals surface area contributed by atoms with Crippen LogP contribution in [-0.2, 0) is 17.8 Å². The highest BCUT2D eigenvalue weighted by Gasteiger charge is 2.28. The van der Waals surface area contributed by atoms with E-state index in [1.54, 1.807) is 30.3 Å². The van der Waals surface area contributed by atoms with E-state index < -0.39 is 12.1 Å². The number of carboxylic acid groups (broad SMARTS) is 1. The Balaban J connectivity index is 1.69. The summed E-state index contributed by atoms with van der Waals surface area (Å²) in [5.74, 6) is 0.380. The molecule has 1 aliphatic heterocycles. The van der Waals surface area contributed by atoms with Crippen LogP contribution >= 0.6 is 0 Å². The van der Waals surface area contributed by atoms with Crippen molar-refractivity contribution in [2.24, 2.45) is 0 Å². The molecule has 2 aromatic rings. The van der Waals surface area contributed by atoms with Crippen molar-refractivity contribution in [3.05, 3.63) is 53.6 Å². The van der Waals surface area contributed by atoms with Crippen LogP contribution in [0.15, 0.2) is 42.5 Å². The minimum Gasteiger partial charge on any atom is -0.508 e. The summed E-state index contributed by atoms with van der Waals surface area (Å²) in [6.45, 7) is 0.315. The molecule has 2 aromatic carbocycles. The van der Waals surface area contributed by atoms with Gasteiger partial charge in [-0.15, -0.1) is 0 Å². The number of fused-ring (bicyclic) bond motifs is 1. The molecule has 0 amide bonds. The maximum absolute atomic E-state index is 10.9.